The molecule has 1 aromatic carbocycles. The standard InChI is InChI=1S/C15H19FN2O4/c1-9-6-11(16)7-13(14(9)18(21)22)15(20)17-12-4-2-10(8-19)3-5-12/h6-7,10,12,19H,2-5,8H2,1H3,(H,17,20). The van der Waals surface area contributed by atoms with Crippen LogP contribution in [0.25, 0.3) is 0 Å². The molecular formula is C15H19FN2O4. The summed E-state index contributed by atoms with van der Waals surface area (Å²) in [5.41, 5.74) is -0.478. The van der Waals surface area contributed by atoms with Gasteiger partial charge in [-0.2, -0.15) is 0 Å². The monoisotopic (exact) mass is 310 g/mol. The van der Waals surface area contributed by atoms with Gasteiger partial charge in [0, 0.05) is 18.2 Å². The number of halogens is 1. The van der Waals surface area contributed by atoms with E-state index < -0.39 is 16.6 Å². The SMILES string of the molecule is Cc1cc(F)cc(C(=O)NC2CCC(CO)CC2)c1[N+](=O)[O-]. The highest BCUT2D eigenvalue weighted by molar-refractivity contribution is 5.98. The molecule has 22 heavy (non-hydrogen) atoms. The number of nitro groups is 1. The molecule has 120 valence electrons. The first-order valence-corrected chi connectivity index (χ1v) is 7.28. The Hall–Kier alpha value is -2.02. The Morgan fingerprint density at radius 1 is 1.41 bits per heavy atom. The molecule has 1 aromatic rings. The van der Waals surface area contributed by atoms with E-state index in [1.807, 2.05) is 0 Å². The first kappa shape index (κ1) is 16.4. The number of benzene rings is 1. The van der Waals surface area contributed by atoms with Gasteiger partial charge in [-0.05, 0) is 50.7 Å². The third-order valence-electron chi connectivity index (χ3n) is 4.13. The second-order valence-corrected chi connectivity index (χ2v) is 5.75. The van der Waals surface area contributed by atoms with Gasteiger partial charge in [-0.15, -0.1) is 0 Å². The van der Waals surface area contributed by atoms with Crippen LogP contribution in [0.15, 0.2) is 12.1 Å². The molecule has 7 heteroatoms. The van der Waals surface area contributed by atoms with E-state index in [9.17, 15) is 19.3 Å². The maximum Gasteiger partial charge on any atom is 0.285 e. The molecule has 1 fully saturated rings. The highest BCUT2D eigenvalue weighted by Crippen LogP contribution is 2.27. The lowest BCUT2D eigenvalue weighted by Gasteiger charge is -2.27. The maximum absolute atomic E-state index is 13.5. The number of rotatable bonds is 4. The van der Waals surface area contributed by atoms with Gasteiger partial charge in [0.15, 0.2) is 0 Å². The summed E-state index contributed by atoms with van der Waals surface area (Å²) in [5, 5.41) is 22.9. The van der Waals surface area contributed by atoms with Crippen LogP contribution in [0.1, 0.15) is 41.6 Å². The molecule has 1 aliphatic carbocycles. The molecule has 1 saturated carbocycles. The summed E-state index contributed by atoms with van der Waals surface area (Å²) in [6, 6.07) is 1.85. The number of aliphatic hydroxyl groups is 1. The molecule has 0 bridgehead atoms. The number of hydrogen-bond donors (Lipinski definition) is 2. The second-order valence-electron chi connectivity index (χ2n) is 5.75. The van der Waals surface area contributed by atoms with Crippen LogP contribution in [0.5, 0.6) is 0 Å². The fraction of sp³-hybridized carbons (Fsp3) is 0.533. The van der Waals surface area contributed by atoms with Gasteiger partial charge in [-0.3, -0.25) is 14.9 Å². The lowest BCUT2D eigenvalue weighted by atomic mass is 9.86. The van der Waals surface area contributed by atoms with Crippen molar-refractivity contribution < 1.29 is 19.2 Å². The van der Waals surface area contributed by atoms with Crippen LogP contribution in [0.3, 0.4) is 0 Å². The first-order chi connectivity index (χ1) is 10.4. The predicted octanol–water partition coefficient (Wildman–Crippen LogP) is 2.32. The summed E-state index contributed by atoms with van der Waals surface area (Å²) in [5.74, 6) is -1.04. The normalized spacial score (nSPS) is 21.4. The van der Waals surface area contributed by atoms with Gasteiger partial charge in [0.1, 0.15) is 11.4 Å². The van der Waals surface area contributed by atoms with E-state index >= 15 is 0 Å². The van der Waals surface area contributed by atoms with Crippen LogP contribution in [-0.4, -0.2) is 28.6 Å². The summed E-state index contributed by atoms with van der Waals surface area (Å²) in [7, 11) is 0. The summed E-state index contributed by atoms with van der Waals surface area (Å²) in [6.45, 7) is 1.54. The van der Waals surface area contributed by atoms with Gasteiger partial charge in [-0.25, -0.2) is 4.39 Å². The highest BCUT2D eigenvalue weighted by atomic mass is 19.1. The summed E-state index contributed by atoms with van der Waals surface area (Å²) in [4.78, 5) is 22.7. The van der Waals surface area contributed by atoms with Crippen molar-refractivity contribution in [2.75, 3.05) is 6.61 Å². The molecule has 2 N–H and O–H groups in total. The van der Waals surface area contributed by atoms with Crippen molar-refractivity contribution in [3.8, 4) is 0 Å². The van der Waals surface area contributed by atoms with Gasteiger partial charge in [0.2, 0.25) is 0 Å². The minimum atomic E-state index is -0.669. The topological polar surface area (TPSA) is 92.5 Å². The number of nitrogens with one attached hydrogen (secondary N) is 1. The number of carbonyl (C=O) groups excluding carboxylic acids is 1. The molecule has 6 nitrogen and oxygen atoms in total. The molecule has 0 heterocycles. The Balaban J connectivity index is 2.15. The number of aliphatic hydroxyl groups excluding tert-OH is 1. The molecule has 1 amide bonds. The number of nitro benzene ring substituents is 1. The zero-order valence-corrected chi connectivity index (χ0v) is 12.3. The van der Waals surface area contributed by atoms with Gasteiger partial charge in [-0.1, -0.05) is 0 Å². The minimum Gasteiger partial charge on any atom is -0.396 e. The molecule has 0 saturated heterocycles. The van der Waals surface area contributed by atoms with E-state index in [1.54, 1.807) is 0 Å². The number of amides is 1. The Morgan fingerprint density at radius 3 is 2.59 bits per heavy atom. The smallest absolute Gasteiger partial charge is 0.285 e. The Morgan fingerprint density at radius 2 is 2.05 bits per heavy atom. The van der Waals surface area contributed by atoms with Crippen LogP contribution in [0, 0.1) is 28.8 Å². The van der Waals surface area contributed by atoms with Gasteiger partial charge in [0.25, 0.3) is 11.6 Å². The van der Waals surface area contributed by atoms with Crippen LogP contribution in [0.2, 0.25) is 0 Å². The van der Waals surface area contributed by atoms with Crippen molar-refractivity contribution in [1.29, 1.82) is 0 Å². The lowest BCUT2D eigenvalue weighted by molar-refractivity contribution is -0.385. The van der Waals surface area contributed by atoms with Crippen molar-refractivity contribution >= 4 is 11.6 Å². The van der Waals surface area contributed by atoms with Crippen LogP contribution < -0.4 is 5.32 Å². The number of hydrogen-bond acceptors (Lipinski definition) is 4. The Bertz CT molecular complexity index is 583. The number of carbonyl (C=O) groups is 1. The zero-order chi connectivity index (χ0) is 16.3. The van der Waals surface area contributed by atoms with Crippen molar-refractivity contribution in [2.45, 2.75) is 38.6 Å². The summed E-state index contributed by atoms with van der Waals surface area (Å²) in [6.07, 6.45) is 3.01. The molecule has 0 aliphatic heterocycles. The number of nitrogens with zero attached hydrogens (tertiary/aromatic N) is 1. The minimum absolute atomic E-state index is 0.0986. The fourth-order valence-electron chi connectivity index (χ4n) is 2.90. The van der Waals surface area contributed by atoms with Crippen LogP contribution in [-0.2, 0) is 0 Å². The van der Waals surface area contributed by atoms with Crippen LogP contribution >= 0.6 is 0 Å². The van der Waals surface area contributed by atoms with Crippen molar-refractivity contribution in [1.82, 2.24) is 5.32 Å². The van der Waals surface area contributed by atoms with E-state index in [0.29, 0.717) is 12.8 Å². The summed E-state index contributed by atoms with van der Waals surface area (Å²) >= 11 is 0. The zero-order valence-electron chi connectivity index (χ0n) is 12.3. The Kier molecular flexibility index (Phi) is 5.07. The van der Waals surface area contributed by atoms with E-state index in [-0.39, 0.29) is 35.4 Å². The van der Waals surface area contributed by atoms with E-state index in [1.165, 1.54) is 6.92 Å². The largest absolute Gasteiger partial charge is 0.396 e. The van der Waals surface area contributed by atoms with Crippen molar-refractivity contribution in [3.05, 3.63) is 39.2 Å². The third-order valence-corrected chi connectivity index (χ3v) is 4.13. The average molecular weight is 310 g/mol. The number of aryl methyl sites for hydroxylation is 1. The fourth-order valence-corrected chi connectivity index (χ4v) is 2.90. The van der Waals surface area contributed by atoms with Crippen LogP contribution in [0.4, 0.5) is 10.1 Å². The third kappa shape index (κ3) is 3.59. The molecule has 2 rings (SSSR count). The molecule has 0 atom stereocenters. The lowest BCUT2D eigenvalue weighted by Crippen LogP contribution is -2.38. The second kappa shape index (κ2) is 6.83. The molecule has 0 spiro atoms. The van der Waals surface area contributed by atoms with Crippen molar-refractivity contribution in [3.63, 3.8) is 0 Å². The first-order valence-electron chi connectivity index (χ1n) is 7.28. The van der Waals surface area contributed by atoms with Crippen molar-refractivity contribution in [2.24, 2.45) is 5.92 Å². The summed E-state index contributed by atoms with van der Waals surface area (Å²) < 4.78 is 13.5. The highest BCUT2D eigenvalue weighted by Gasteiger charge is 2.27. The maximum atomic E-state index is 13.5. The quantitative estimate of drug-likeness (QED) is 0.659. The molecule has 0 aromatic heterocycles. The molecular weight excluding hydrogens is 291 g/mol. The van der Waals surface area contributed by atoms with Gasteiger partial charge in [0.05, 0.1) is 4.92 Å². The molecule has 0 radical (unpaired) electrons. The molecule has 0 unspecified atom stereocenters. The van der Waals surface area contributed by atoms with E-state index in [0.717, 1.165) is 25.0 Å². The van der Waals surface area contributed by atoms with E-state index in [4.69, 9.17) is 5.11 Å². The Labute approximate surface area is 127 Å². The molecule has 1 aliphatic rings. The van der Waals surface area contributed by atoms with Gasteiger partial charge < -0.3 is 10.4 Å². The predicted molar refractivity (Wildman–Crippen MR) is 78.1 cm³/mol. The van der Waals surface area contributed by atoms with Gasteiger partial charge >= 0.3 is 0 Å². The van der Waals surface area contributed by atoms with E-state index in [2.05, 4.69) is 5.32 Å². The average Bonchev–Trinajstić information content (AvgIpc) is 2.46.